The maximum Gasteiger partial charge on any atom is 0.309 e. The number of hydrogen-bond donors (Lipinski definition) is 2. The molecule has 104 valence electrons. The molecule has 0 aliphatic rings. The highest BCUT2D eigenvalue weighted by atomic mass is 35.5. The Labute approximate surface area is 127 Å². The number of anilines is 1. The first kappa shape index (κ1) is 14.7. The first-order chi connectivity index (χ1) is 9.44. The van der Waals surface area contributed by atoms with E-state index in [9.17, 15) is 9.59 Å². The zero-order chi connectivity index (χ0) is 14.7. The molecule has 0 aliphatic heterocycles. The molecular formula is C11H7Cl2N3O3S. The summed E-state index contributed by atoms with van der Waals surface area (Å²) in [6, 6.07) is 2.74. The molecule has 20 heavy (non-hydrogen) atoms. The normalized spacial score (nSPS) is 10.3. The fourth-order valence-corrected chi connectivity index (χ4v) is 2.53. The first-order valence-corrected chi connectivity index (χ1v) is 6.88. The summed E-state index contributed by atoms with van der Waals surface area (Å²) in [5.41, 5.74) is 0.619. The van der Waals surface area contributed by atoms with Gasteiger partial charge in [0.15, 0.2) is 5.13 Å². The monoisotopic (exact) mass is 331 g/mol. The second-order valence-electron chi connectivity index (χ2n) is 3.67. The van der Waals surface area contributed by atoms with E-state index in [-0.39, 0.29) is 22.3 Å². The predicted molar refractivity (Wildman–Crippen MR) is 75.7 cm³/mol. The molecule has 2 N–H and O–H groups in total. The van der Waals surface area contributed by atoms with Crippen LogP contribution in [-0.2, 0) is 11.2 Å². The van der Waals surface area contributed by atoms with E-state index in [1.165, 1.54) is 12.1 Å². The number of amides is 1. The number of carboxylic acids is 1. The summed E-state index contributed by atoms with van der Waals surface area (Å²) in [5, 5.41) is 13.3. The molecule has 2 aromatic rings. The van der Waals surface area contributed by atoms with Crippen molar-refractivity contribution >= 4 is 51.5 Å². The molecule has 2 heterocycles. The van der Waals surface area contributed by atoms with E-state index in [4.69, 9.17) is 28.3 Å². The zero-order valence-corrected chi connectivity index (χ0v) is 12.1. The van der Waals surface area contributed by atoms with E-state index in [1.54, 1.807) is 5.38 Å². The van der Waals surface area contributed by atoms with E-state index in [0.29, 0.717) is 10.8 Å². The summed E-state index contributed by atoms with van der Waals surface area (Å²) in [7, 11) is 0. The lowest BCUT2D eigenvalue weighted by Crippen LogP contribution is -2.12. The lowest BCUT2D eigenvalue weighted by Gasteiger charge is -2.02. The highest BCUT2D eigenvalue weighted by Gasteiger charge is 2.12. The van der Waals surface area contributed by atoms with E-state index in [0.717, 1.165) is 11.3 Å². The number of nitrogens with zero attached hydrogens (tertiary/aromatic N) is 2. The second-order valence-corrected chi connectivity index (χ2v) is 5.30. The van der Waals surface area contributed by atoms with Gasteiger partial charge in [0, 0.05) is 10.9 Å². The lowest BCUT2D eigenvalue weighted by atomic mass is 10.2. The van der Waals surface area contributed by atoms with Crippen LogP contribution in [0, 0.1) is 0 Å². The van der Waals surface area contributed by atoms with Gasteiger partial charge >= 0.3 is 5.97 Å². The van der Waals surface area contributed by atoms with Gasteiger partial charge in [-0.3, -0.25) is 14.9 Å². The van der Waals surface area contributed by atoms with E-state index >= 15 is 0 Å². The van der Waals surface area contributed by atoms with Crippen molar-refractivity contribution in [2.24, 2.45) is 0 Å². The number of carbonyl (C=O) groups excluding carboxylic acids is 1. The maximum absolute atomic E-state index is 11.9. The number of carboxylic acid groups (broad SMARTS) is 1. The van der Waals surface area contributed by atoms with Crippen LogP contribution in [0.5, 0.6) is 0 Å². The molecule has 6 nitrogen and oxygen atoms in total. The van der Waals surface area contributed by atoms with Crippen LogP contribution >= 0.6 is 34.5 Å². The third-order valence-electron chi connectivity index (χ3n) is 2.13. The van der Waals surface area contributed by atoms with Crippen molar-refractivity contribution < 1.29 is 14.7 Å². The minimum Gasteiger partial charge on any atom is -0.481 e. The van der Waals surface area contributed by atoms with Crippen LogP contribution in [0.4, 0.5) is 5.13 Å². The highest BCUT2D eigenvalue weighted by Crippen LogP contribution is 2.19. The van der Waals surface area contributed by atoms with Gasteiger partial charge in [0.1, 0.15) is 10.3 Å². The average molecular weight is 332 g/mol. The summed E-state index contributed by atoms with van der Waals surface area (Å²) < 4.78 is 0. The molecule has 0 aliphatic carbocycles. The van der Waals surface area contributed by atoms with E-state index in [2.05, 4.69) is 15.3 Å². The Bertz CT molecular complexity index is 654. The Morgan fingerprint density at radius 1 is 1.25 bits per heavy atom. The number of carbonyl (C=O) groups is 2. The number of thiazole rings is 1. The van der Waals surface area contributed by atoms with Crippen molar-refractivity contribution in [3.05, 3.63) is 39.1 Å². The van der Waals surface area contributed by atoms with Gasteiger partial charge in [0.2, 0.25) is 0 Å². The average Bonchev–Trinajstić information content (AvgIpc) is 2.74. The van der Waals surface area contributed by atoms with Gasteiger partial charge in [-0.1, -0.05) is 23.2 Å². The van der Waals surface area contributed by atoms with Crippen molar-refractivity contribution in [1.82, 2.24) is 9.97 Å². The van der Waals surface area contributed by atoms with Crippen LogP contribution in [0.1, 0.15) is 16.1 Å². The summed E-state index contributed by atoms with van der Waals surface area (Å²) in [6.07, 6.45) is -0.195. The van der Waals surface area contributed by atoms with Crippen molar-refractivity contribution in [3.63, 3.8) is 0 Å². The standard InChI is InChI=1S/C11H7Cl2N3O3S/c12-7-1-5(2-8(13)15-7)10(19)16-11-14-6(4-20-11)3-9(17)18/h1-2,4H,3H2,(H,17,18)(H,14,16,19). The number of hydrogen-bond acceptors (Lipinski definition) is 5. The molecule has 0 radical (unpaired) electrons. The minimum atomic E-state index is -0.985. The SMILES string of the molecule is O=C(O)Cc1csc(NC(=O)c2cc(Cl)nc(Cl)c2)n1. The van der Waals surface area contributed by atoms with Crippen LogP contribution in [0.25, 0.3) is 0 Å². The van der Waals surface area contributed by atoms with Gasteiger partial charge in [-0.05, 0) is 12.1 Å². The Hall–Kier alpha value is -1.70. The van der Waals surface area contributed by atoms with Crippen LogP contribution in [-0.4, -0.2) is 27.0 Å². The molecule has 0 bridgehead atoms. The number of rotatable bonds is 4. The zero-order valence-electron chi connectivity index (χ0n) is 9.76. The van der Waals surface area contributed by atoms with Crippen LogP contribution < -0.4 is 5.32 Å². The number of aliphatic carboxylic acids is 1. The third kappa shape index (κ3) is 3.89. The molecule has 2 aromatic heterocycles. The Kier molecular flexibility index (Phi) is 4.53. The van der Waals surface area contributed by atoms with Crippen molar-refractivity contribution in [2.45, 2.75) is 6.42 Å². The van der Waals surface area contributed by atoms with Gasteiger partial charge < -0.3 is 5.11 Å². The topological polar surface area (TPSA) is 92.2 Å². The van der Waals surface area contributed by atoms with Crippen LogP contribution in [0.2, 0.25) is 10.3 Å². The molecule has 9 heteroatoms. The van der Waals surface area contributed by atoms with Crippen molar-refractivity contribution in [1.29, 1.82) is 0 Å². The Morgan fingerprint density at radius 2 is 1.90 bits per heavy atom. The summed E-state index contributed by atoms with van der Waals surface area (Å²) in [5.74, 6) is -1.44. The van der Waals surface area contributed by atoms with Gasteiger partial charge in [-0.2, -0.15) is 0 Å². The maximum atomic E-state index is 11.9. The number of aromatic nitrogens is 2. The lowest BCUT2D eigenvalue weighted by molar-refractivity contribution is -0.136. The highest BCUT2D eigenvalue weighted by molar-refractivity contribution is 7.14. The van der Waals surface area contributed by atoms with Gasteiger partial charge in [0.25, 0.3) is 5.91 Å². The number of nitrogens with one attached hydrogen (secondary N) is 1. The Morgan fingerprint density at radius 3 is 2.50 bits per heavy atom. The molecule has 1 amide bonds. The molecule has 0 spiro atoms. The third-order valence-corrected chi connectivity index (χ3v) is 3.32. The molecule has 2 rings (SSSR count). The summed E-state index contributed by atoms with van der Waals surface area (Å²) in [4.78, 5) is 30.2. The van der Waals surface area contributed by atoms with Crippen molar-refractivity contribution in [3.8, 4) is 0 Å². The number of pyridine rings is 1. The fraction of sp³-hybridized carbons (Fsp3) is 0.0909. The molecule has 0 saturated heterocycles. The predicted octanol–water partition coefficient (Wildman–Crippen LogP) is 2.72. The minimum absolute atomic E-state index is 0.105. The van der Waals surface area contributed by atoms with Gasteiger partial charge in [-0.15, -0.1) is 11.3 Å². The summed E-state index contributed by atoms with van der Waals surface area (Å²) in [6.45, 7) is 0. The largest absolute Gasteiger partial charge is 0.481 e. The smallest absolute Gasteiger partial charge is 0.309 e. The molecule has 0 fully saturated rings. The van der Waals surface area contributed by atoms with Crippen molar-refractivity contribution in [2.75, 3.05) is 5.32 Å². The number of halogens is 2. The molecule has 0 saturated carbocycles. The van der Waals surface area contributed by atoms with Crippen LogP contribution in [0.15, 0.2) is 17.5 Å². The molecule has 0 aromatic carbocycles. The van der Waals surface area contributed by atoms with Gasteiger partial charge in [-0.25, -0.2) is 9.97 Å². The second kappa shape index (κ2) is 6.17. The van der Waals surface area contributed by atoms with Crippen LogP contribution in [0.3, 0.4) is 0 Å². The van der Waals surface area contributed by atoms with E-state index in [1.807, 2.05) is 0 Å². The first-order valence-electron chi connectivity index (χ1n) is 5.24. The molecule has 0 atom stereocenters. The summed E-state index contributed by atoms with van der Waals surface area (Å²) >= 11 is 12.5. The quantitative estimate of drug-likeness (QED) is 0.840. The Balaban J connectivity index is 2.11. The molecule has 0 unspecified atom stereocenters. The van der Waals surface area contributed by atoms with Gasteiger partial charge in [0.05, 0.1) is 12.1 Å². The fourth-order valence-electron chi connectivity index (χ4n) is 1.37. The van der Waals surface area contributed by atoms with E-state index < -0.39 is 11.9 Å². The molecular weight excluding hydrogens is 325 g/mol.